The first-order valence-electron chi connectivity index (χ1n) is 8.88. The third kappa shape index (κ3) is 3.41. The summed E-state index contributed by atoms with van der Waals surface area (Å²) in [6.45, 7) is 6.19. The van der Waals surface area contributed by atoms with Crippen molar-refractivity contribution in [2.24, 2.45) is 0 Å². The van der Waals surface area contributed by atoms with Crippen LogP contribution in [0, 0.1) is 0 Å². The highest BCUT2D eigenvalue weighted by molar-refractivity contribution is 5.84. The monoisotopic (exact) mass is 328 g/mol. The van der Waals surface area contributed by atoms with Crippen LogP contribution in [0.1, 0.15) is 38.2 Å². The van der Waals surface area contributed by atoms with Gasteiger partial charge in [0.2, 0.25) is 0 Å². The second-order valence-electron chi connectivity index (χ2n) is 6.93. The van der Waals surface area contributed by atoms with Crippen molar-refractivity contribution in [3.63, 3.8) is 0 Å². The van der Waals surface area contributed by atoms with Gasteiger partial charge < -0.3 is 20.5 Å². The average molecular weight is 328 g/mol. The van der Waals surface area contributed by atoms with Crippen molar-refractivity contribution < 1.29 is 4.79 Å². The largest absolute Gasteiger partial charge is 0.361 e. The fourth-order valence-electron chi connectivity index (χ4n) is 3.49. The van der Waals surface area contributed by atoms with Crippen LogP contribution < -0.4 is 10.6 Å². The molecule has 130 valence electrons. The number of rotatable bonds is 4. The van der Waals surface area contributed by atoms with Crippen LogP contribution in [0.25, 0.3) is 10.9 Å². The van der Waals surface area contributed by atoms with Crippen LogP contribution in [0.3, 0.4) is 0 Å². The van der Waals surface area contributed by atoms with E-state index in [0.29, 0.717) is 0 Å². The molecular weight excluding hydrogens is 300 g/mol. The first-order valence-corrected chi connectivity index (χ1v) is 8.88. The minimum Gasteiger partial charge on any atom is -0.361 e. The predicted octanol–water partition coefficient (Wildman–Crippen LogP) is 3.05. The number of benzene rings is 1. The summed E-state index contributed by atoms with van der Waals surface area (Å²) in [6.07, 6.45) is 4.26. The van der Waals surface area contributed by atoms with Gasteiger partial charge in [-0.25, -0.2) is 4.79 Å². The van der Waals surface area contributed by atoms with E-state index < -0.39 is 0 Å². The van der Waals surface area contributed by atoms with Crippen molar-refractivity contribution in [3.8, 4) is 0 Å². The van der Waals surface area contributed by atoms with Crippen molar-refractivity contribution >= 4 is 16.9 Å². The summed E-state index contributed by atoms with van der Waals surface area (Å²) in [5.74, 6) is 0.239. The minimum atomic E-state index is 0.0166. The maximum Gasteiger partial charge on any atom is 0.317 e. The molecule has 1 aliphatic heterocycles. The first kappa shape index (κ1) is 16.8. The van der Waals surface area contributed by atoms with E-state index in [1.807, 2.05) is 18.0 Å². The molecule has 24 heavy (non-hydrogen) atoms. The van der Waals surface area contributed by atoms with Gasteiger partial charge >= 0.3 is 6.03 Å². The number of carbonyl (C=O) groups is 1. The number of piperidine rings is 1. The van der Waals surface area contributed by atoms with Gasteiger partial charge in [0.1, 0.15) is 0 Å². The Bertz CT molecular complexity index is 689. The molecule has 5 nitrogen and oxygen atoms in total. The molecule has 0 bridgehead atoms. The summed E-state index contributed by atoms with van der Waals surface area (Å²) in [7, 11) is 1.90. The van der Waals surface area contributed by atoms with Gasteiger partial charge in [0.15, 0.2) is 0 Å². The molecule has 3 rings (SSSR count). The van der Waals surface area contributed by atoms with E-state index in [1.54, 1.807) is 0 Å². The molecule has 2 amide bonds. The van der Waals surface area contributed by atoms with Gasteiger partial charge in [-0.2, -0.15) is 0 Å². The second-order valence-corrected chi connectivity index (χ2v) is 6.93. The Kier molecular flexibility index (Phi) is 5.09. The van der Waals surface area contributed by atoms with Crippen molar-refractivity contribution in [1.29, 1.82) is 0 Å². The van der Waals surface area contributed by atoms with Crippen LogP contribution in [0.15, 0.2) is 30.5 Å². The zero-order chi connectivity index (χ0) is 17.1. The molecule has 0 spiro atoms. The molecule has 0 radical (unpaired) electrons. The van der Waals surface area contributed by atoms with Crippen LogP contribution >= 0.6 is 0 Å². The number of amides is 2. The van der Waals surface area contributed by atoms with E-state index in [0.717, 1.165) is 31.4 Å². The van der Waals surface area contributed by atoms with E-state index in [1.165, 1.54) is 10.9 Å². The number of likely N-dealkylation sites (N-methyl/N-ethyl adjacent to an activating group) is 1. The maximum atomic E-state index is 12.6. The summed E-state index contributed by atoms with van der Waals surface area (Å²) in [5, 5.41) is 7.77. The number of hydrogen-bond donors (Lipinski definition) is 3. The molecule has 1 aliphatic rings. The Morgan fingerprint density at radius 1 is 1.33 bits per heavy atom. The molecule has 1 aromatic heterocycles. The van der Waals surface area contributed by atoms with E-state index in [9.17, 15) is 4.79 Å². The molecule has 2 aromatic rings. The number of aromatic amines is 1. The molecule has 0 aliphatic carbocycles. The number of aromatic nitrogens is 1. The number of fused-ring (bicyclic) bond motifs is 1. The number of H-pyrrole nitrogens is 1. The lowest BCUT2D eigenvalue weighted by Crippen LogP contribution is -2.52. The van der Waals surface area contributed by atoms with Gasteiger partial charge in [0.05, 0.1) is 0 Å². The Labute approximate surface area is 143 Å². The molecular formula is C19H28N4O. The van der Waals surface area contributed by atoms with Crippen LogP contribution in [-0.2, 0) is 0 Å². The van der Waals surface area contributed by atoms with Gasteiger partial charge in [0, 0.05) is 48.7 Å². The second kappa shape index (κ2) is 7.26. The van der Waals surface area contributed by atoms with Crippen LogP contribution in [-0.4, -0.2) is 48.1 Å². The summed E-state index contributed by atoms with van der Waals surface area (Å²) in [4.78, 5) is 17.7. The molecule has 1 saturated heterocycles. The van der Waals surface area contributed by atoms with E-state index in [2.05, 4.69) is 53.9 Å². The normalized spacial score (nSPS) is 20.5. The number of para-hydroxylation sites is 1. The molecule has 1 aromatic carbocycles. The highest BCUT2D eigenvalue weighted by atomic mass is 16.2. The Hall–Kier alpha value is -2.01. The summed E-state index contributed by atoms with van der Waals surface area (Å²) < 4.78 is 0. The number of nitrogens with zero attached hydrogens (tertiary/aromatic N) is 1. The third-order valence-electron chi connectivity index (χ3n) is 5.35. The van der Waals surface area contributed by atoms with Crippen LogP contribution in [0.5, 0.6) is 0 Å². The summed E-state index contributed by atoms with van der Waals surface area (Å²) >= 11 is 0. The molecule has 2 heterocycles. The van der Waals surface area contributed by atoms with Crippen LogP contribution in [0.2, 0.25) is 0 Å². The summed E-state index contributed by atoms with van der Waals surface area (Å²) in [5.41, 5.74) is 2.39. The minimum absolute atomic E-state index is 0.0166. The topological polar surface area (TPSA) is 60.2 Å². The summed E-state index contributed by atoms with van der Waals surface area (Å²) in [6, 6.07) is 8.67. The van der Waals surface area contributed by atoms with Crippen molar-refractivity contribution in [2.75, 3.05) is 20.1 Å². The first-order chi connectivity index (χ1) is 11.6. The fourth-order valence-corrected chi connectivity index (χ4v) is 3.49. The lowest BCUT2D eigenvalue weighted by molar-refractivity contribution is 0.174. The predicted molar refractivity (Wildman–Crippen MR) is 98.4 cm³/mol. The molecule has 0 saturated carbocycles. The van der Waals surface area contributed by atoms with Crippen molar-refractivity contribution in [1.82, 2.24) is 20.5 Å². The number of carbonyl (C=O) groups excluding carboxylic acids is 1. The lowest BCUT2D eigenvalue weighted by atomic mass is 9.94. The van der Waals surface area contributed by atoms with Crippen LogP contribution in [0.4, 0.5) is 4.79 Å². The molecule has 3 atom stereocenters. The van der Waals surface area contributed by atoms with Gasteiger partial charge in [-0.3, -0.25) is 0 Å². The Balaban J connectivity index is 1.65. The number of hydrogen-bond acceptors (Lipinski definition) is 2. The fraction of sp³-hybridized carbons (Fsp3) is 0.526. The standard InChI is InChI=1S/C19H28N4O/c1-13(17-12-21-18-9-5-4-8-16(17)18)14(2)22-19(24)23(3)15-7-6-10-20-11-15/h4-5,8-9,12-15,20-21H,6-7,10-11H2,1-3H3,(H,22,24)/t13?,14-,15+/m0/s1. The lowest BCUT2D eigenvalue weighted by Gasteiger charge is -2.33. The highest BCUT2D eigenvalue weighted by Crippen LogP contribution is 2.27. The zero-order valence-corrected chi connectivity index (χ0v) is 14.8. The quantitative estimate of drug-likeness (QED) is 0.808. The maximum absolute atomic E-state index is 12.6. The molecule has 1 fully saturated rings. The smallest absolute Gasteiger partial charge is 0.317 e. The van der Waals surface area contributed by atoms with Gasteiger partial charge in [-0.1, -0.05) is 25.1 Å². The Morgan fingerprint density at radius 3 is 2.88 bits per heavy atom. The van der Waals surface area contributed by atoms with E-state index in [4.69, 9.17) is 0 Å². The SMILES string of the molecule is CC(c1c[nH]c2ccccc12)[C@H](C)NC(=O)N(C)[C@@H]1CCCNC1. The van der Waals surface area contributed by atoms with Crippen molar-refractivity contribution in [3.05, 3.63) is 36.0 Å². The highest BCUT2D eigenvalue weighted by Gasteiger charge is 2.25. The van der Waals surface area contributed by atoms with E-state index >= 15 is 0 Å². The molecule has 3 N–H and O–H groups in total. The Morgan fingerprint density at radius 2 is 2.12 bits per heavy atom. The zero-order valence-electron chi connectivity index (χ0n) is 14.8. The van der Waals surface area contributed by atoms with Gasteiger partial charge in [0.25, 0.3) is 0 Å². The number of urea groups is 1. The molecule has 1 unspecified atom stereocenters. The van der Waals surface area contributed by atoms with Gasteiger partial charge in [-0.05, 0) is 37.9 Å². The van der Waals surface area contributed by atoms with Crippen molar-refractivity contribution in [2.45, 2.75) is 44.7 Å². The van der Waals surface area contributed by atoms with Gasteiger partial charge in [-0.15, -0.1) is 0 Å². The number of nitrogens with one attached hydrogen (secondary N) is 3. The molecule has 5 heteroatoms. The average Bonchev–Trinajstić information content (AvgIpc) is 3.05. The van der Waals surface area contributed by atoms with E-state index in [-0.39, 0.29) is 24.0 Å². The third-order valence-corrected chi connectivity index (χ3v) is 5.35.